The summed E-state index contributed by atoms with van der Waals surface area (Å²) in [5.74, 6) is 0.218. The summed E-state index contributed by atoms with van der Waals surface area (Å²) in [7, 11) is 1.71. The summed E-state index contributed by atoms with van der Waals surface area (Å²) in [4.78, 5) is 2.18. The molecular weight excluding hydrogens is 233 g/mol. The summed E-state index contributed by atoms with van der Waals surface area (Å²) < 4.78 is 18.6. The van der Waals surface area contributed by atoms with Gasteiger partial charge in [-0.1, -0.05) is 0 Å². The van der Waals surface area contributed by atoms with Crippen molar-refractivity contribution in [1.82, 2.24) is 0 Å². The molecule has 1 aliphatic rings. The van der Waals surface area contributed by atoms with Crippen LogP contribution in [0.3, 0.4) is 0 Å². The maximum atomic E-state index is 13.5. The van der Waals surface area contributed by atoms with Gasteiger partial charge in [0.15, 0.2) is 0 Å². The van der Waals surface area contributed by atoms with E-state index < -0.39 is 0 Å². The molecule has 1 saturated heterocycles. The van der Waals surface area contributed by atoms with E-state index in [0.717, 1.165) is 38.2 Å². The van der Waals surface area contributed by atoms with Crippen molar-refractivity contribution in [3.05, 3.63) is 29.6 Å². The van der Waals surface area contributed by atoms with E-state index >= 15 is 0 Å². The molecule has 0 amide bonds. The Bertz CT molecular complexity index is 395. The fourth-order valence-corrected chi connectivity index (χ4v) is 2.58. The first kappa shape index (κ1) is 13.3. The van der Waals surface area contributed by atoms with Crippen LogP contribution in [0, 0.1) is 11.7 Å². The molecule has 0 aliphatic carbocycles. The Hall–Kier alpha value is -1.13. The summed E-state index contributed by atoms with van der Waals surface area (Å²) in [5, 5.41) is 9.12. The van der Waals surface area contributed by atoms with Gasteiger partial charge < -0.3 is 14.7 Å². The number of piperidine rings is 1. The van der Waals surface area contributed by atoms with Crippen molar-refractivity contribution < 1.29 is 14.2 Å². The summed E-state index contributed by atoms with van der Waals surface area (Å²) in [6.45, 7) is 2.45. The van der Waals surface area contributed by atoms with Crippen LogP contribution in [0.25, 0.3) is 0 Å². The van der Waals surface area contributed by atoms with Gasteiger partial charge in [-0.3, -0.25) is 0 Å². The molecule has 0 saturated carbocycles. The molecule has 2 rings (SSSR count). The number of nitrogens with zero attached hydrogens (tertiary/aromatic N) is 1. The summed E-state index contributed by atoms with van der Waals surface area (Å²) in [5.41, 5.74) is 1.48. The fourth-order valence-electron chi connectivity index (χ4n) is 2.58. The number of hydrogen-bond acceptors (Lipinski definition) is 3. The maximum Gasteiger partial charge on any atom is 0.125 e. The van der Waals surface area contributed by atoms with Crippen molar-refractivity contribution in [3.63, 3.8) is 0 Å². The largest absolute Gasteiger partial charge is 0.392 e. The molecule has 0 aromatic heterocycles. The number of aliphatic hydroxyl groups is 1. The quantitative estimate of drug-likeness (QED) is 0.892. The van der Waals surface area contributed by atoms with Gasteiger partial charge in [0.2, 0.25) is 0 Å². The monoisotopic (exact) mass is 253 g/mol. The van der Waals surface area contributed by atoms with Crippen LogP contribution in [-0.4, -0.2) is 31.9 Å². The Labute approximate surface area is 107 Å². The average molecular weight is 253 g/mol. The SMILES string of the molecule is COCC1CCCN(c2cc(F)cc(CO)c2)C1. The van der Waals surface area contributed by atoms with E-state index in [0.29, 0.717) is 11.5 Å². The first-order valence-electron chi connectivity index (χ1n) is 6.37. The molecule has 1 aromatic rings. The van der Waals surface area contributed by atoms with Crippen molar-refractivity contribution in [2.24, 2.45) is 5.92 Å². The molecule has 1 unspecified atom stereocenters. The number of benzene rings is 1. The van der Waals surface area contributed by atoms with Gasteiger partial charge in [0.1, 0.15) is 5.82 Å². The highest BCUT2D eigenvalue weighted by Crippen LogP contribution is 2.25. The second-order valence-corrected chi connectivity index (χ2v) is 4.89. The van der Waals surface area contributed by atoms with Crippen LogP contribution in [0.15, 0.2) is 18.2 Å². The van der Waals surface area contributed by atoms with Gasteiger partial charge in [-0.15, -0.1) is 0 Å². The number of hydrogen-bond donors (Lipinski definition) is 1. The molecule has 1 atom stereocenters. The fraction of sp³-hybridized carbons (Fsp3) is 0.571. The van der Waals surface area contributed by atoms with Gasteiger partial charge >= 0.3 is 0 Å². The molecule has 0 radical (unpaired) electrons. The zero-order valence-corrected chi connectivity index (χ0v) is 10.7. The van der Waals surface area contributed by atoms with E-state index in [1.54, 1.807) is 7.11 Å². The van der Waals surface area contributed by atoms with Gasteiger partial charge in [0.05, 0.1) is 13.2 Å². The van der Waals surface area contributed by atoms with E-state index in [9.17, 15) is 4.39 Å². The van der Waals surface area contributed by atoms with Crippen LogP contribution >= 0.6 is 0 Å². The van der Waals surface area contributed by atoms with E-state index in [1.165, 1.54) is 12.1 Å². The molecule has 1 heterocycles. The maximum absolute atomic E-state index is 13.5. The topological polar surface area (TPSA) is 32.7 Å². The summed E-state index contributed by atoms with van der Waals surface area (Å²) in [6.07, 6.45) is 2.26. The normalized spacial score (nSPS) is 20.2. The number of anilines is 1. The van der Waals surface area contributed by atoms with E-state index in [1.807, 2.05) is 6.07 Å². The van der Waals surface area contributed by atoms with Gasteiger partial charge in [-0.05, 0) is 42.5 Å². The molecular formula is C14H20FNO2. The Balaban J connectivity index is 2.12. The molecule has 0 spiro atoms. The number of halogens is 1. The van der Waals surface area contributed by atoms with Gasteiger partial charge in [-0.2, -0.15) is 0 Å². The van der Waals surface area contributed by atoms with Crippen molar-refractivity contribution in [2.75, 3.05) is 31.7 Å². The molecule has 4 heteroatoms. The molecule has 1 N–H and O–H groups in total. The highest BCUT2D eigenvalue weighted by Gasteiger charge is 2.20. The third-order valence-corrected chi connectivity index (χ3v) is 3.41. The van der Waals surface area contributed by atoms with Crippen LogP contribution < -0.4 is 4.90 Å². The van der Waals surface area contributed by atoms with E-state index in [-0.39, 0.29) is 12.4 Å². The Morgan fingerprint density at radius 1 is 1.44 bits per heavy atom. The molecule has 0 bridgehead atoms. The number of methoxy groups -OCH3 is 1. The van der Waals surface area contributed by atoms with Gasteiger partial charge in [0, 0.05) is 25.9 Å². The zero-order chi connectivity index (χ0) is 13.0. The predicted octanol–water partition coefficient (Wildman–Crippen LogP) is 2.18. The van der Waals surface area contributed by atoms with Crippen molar-refractivity contribution in [2.45, 2.75) is 19.4 Å². The van der Waals surface area contributed by atoms with Crippen molar-refractivity contribution >= 4 is 5.69 Å². The molecule has 3 nitrogen and oxygen atoms in total. The van der Waals surface area contributed by atoms with Gasteiger partial charge in [0.25, 0.3) is 0 Å². The third kappa shape index (κ3) is 3.21. The van der Waals surface area contributed by atoms with Crippen LogP contribution in [0.1, 0.15) is 18.4 Å². The van der Waals surface area contributed by atoms with Crippen molar-refractivity contribution in [1.29, 1.82) is 0 Å². The molecule has 1 aromatic carbocycles. The molecule has 18 heavy (non-hydrogen) atoms. The first-order valence-corrected chi connectivity index (χ1v) is 6.37. The molecule has 1 fully saturated rings. The lowest BCUT2D eigenvalue weighted by molar-refractivity contribution is 0.143. The number of rotatable bonds is 4. The lowest BCUT2D eigenvalue weighted by Crippen LogP contribution is -2.37. The minimum absolute atomic E-state index is 0.125. The van der Waals surface area contributed by atoms with Gasteiger partial charge in [-0.25, -0.2) is 4.39 Å². The summed E-state index contributed by atoms with van der Waals surface area (Å²) in [6, 6.07) is 4.77. The number of aliphatic hydroxyl groups excluding tert-OH is 1. The smallest absolute Gasteiger partial charge is 0.125 e. The standard InChI is InChI=1S/C14H20FNO2/c1-18-10-11-3-2-4-16(8-11)14-6-12(9-17)5-13(15)7-14/h5-7,11,17H,2-4,8-10H2,1H3. The van der Waals surface area contributed by atoms with E-state index in [2.05, 4.69) is 4.90 Å². The van der Waals surface area contributed by atoms with E-state index in [4.69, 9.17) is 9.84 Å². The zero-order valence-electron chi connectivity index (χ0n) is 10.7. The minimum atomic E-state index is -0.287. The van der Waals surface area contributed by atoms with Crippen molar-refractivity contribution in [3.8, 4) is 0 Å². The second kappa shape index (κ2) is 6.16. The Morgan fingerprint density at radius 2 is 2.28 bits per heavy atom. The lowest BCUT2D eigenvalue weighted by Gasteiger charge is -2.34. The Kier molecular flexibility index (Phi) is 4.55. The molecule has 1 aliphatic heterocycles. The third-order valence-electron chi connectivity index (χ3n) is 3.41. The molecule has 100 valence electrons. The Morgan fingerprint density at radius 3 is 3.00 bits per heavy atom. The van der Waals surface area contributed by atoms with Crippen LogP contribution in [-0.2, 0) is 11.3 Å². The predicted molar refractivity (Wildman–Crippen MR) is 69.1 cm³/mol. The average Bonchev–Trinajstić information content (AvgIpc) is 2.39. The summed E-state index contributed by atoms with van der Waals surface area (Å²) >= 11 is 0. The van der Waals surface area contributed by atoms with Crippen LogP contribution in [0.2, 0.25) is 0 Å². The minimum Gasteiger partial charge on any atom is -0.392 e. The van der Waals surface area contributed by atoms with Crippen LogP contribution in [0.5, 0.6) is 0 Å². The number of ether oxygens (including phenoxy) is 1. The second-order valence-electron chi connectivity index (χ2n) is 4.89. The van der Waals surface area contributed by atoms with Crippen LogP contribution in [0.4, 0.5) is 10.1 Å². The highest BCUT2D eigenvalue weighted by atomic mass is 19.1. The highest BCUT2D eigenvalue weighted by molar-refractivity contribution is 5.49. The first-order chi connectivity index (χ1) is 8.72. The lowest BCUT2D eigenvalue weighted by atomic mass is 9.98.